The number of pyridine rings is 1. The standard InChI is InChI=1S/C18H18N2O2S/c1-13(2)15-9-3-4-10-16(15)20-23(21,22)17-11-5-7-14-8-6-12-19-18(14)17/h3-13,20H,1-2H3. The summed E-state index contributed by atoms with van der Waals surface area (Å²) in [7, 11) is -3.71. The Balaban J connectivity index is 2.09. The molecule has 0 aliphatic carbocycles. The Morgan fingerprint density at radius 1 is 0.957 bits per heavy atom. The van der Waals surface area contributed by atoms with Gasteiger partial charge in [-0.1, -0.05) is 50.2 Å². The SMILES string of the molecule is CC(C)c1ccccc1NS(=O)(=O)c1cccc2cccnc12. The third-order valence-corrected chi connectivity index (χ3v) is 5.11. The molecule has 5 heteroatoms. The first-order chi connectivity index (χ1) is 11.0. The molecule has 4 nitrogen and oxygen atoms in total. The maximum absolute atomic E-state index is 12.8. The fraction of sp³-hybridized carbons (Fsp3) is 0.167. The second-order valence-corrected chi connectivity index (χ2v) is 7.33. The minimum atomic E-state index is -3.71. The smallest absolute Gasteiger partial charge is 0.264 e. The average Bonchev–Trinajstić information content (AvgIpc) is 2.54. The predicted molar refractivity (Wildman–Crippen MR) is 93.1 cm³/mol. The molecule has 23 heavy (non-hydrogen) atoms. The van der Waals surface area contributed by atoms with E-state index >= 15 is 0 Å². The predicted octanol–water partition coefficient (Wildman–Crippen LogP) is 4.16. The monoisotopic (exact) mass is 326 g/mol. The van der Waals surface area contributed by atoms with Gasteiger partial charge in [-0.25, -0.2) is 8.42 Å². The molecule has 0 aliphatic rings. The third-order valence-electron chi connectivity index (χ3n) is 3.71. The second kappa shape index (κ2) is 6.01. The van der Waals surface area contributed by atoms with E-state index in [0.29, 0.717) is 11.2 Å². The Labute approximate surface area is 136 Å². The van der Waals surface area contributed by atoms with E-state index in [1.165, 1.54) is 0 Å². The summed E-state index contributed by atoms with van der Waals surface area (Å²) in [6, 6.07) is 16.3. The highest BCUT2D eigenvalue weighted by Gasteiger charge is 2.20. The molecule has 0 radical (unpaired) electrons. The van der Waals surface area contributed by atoms with Gasteiger partial charge in [0.2, 0.25) is 0 Å². The molecule has 0 unspecified atom stereocenters. The molecular formula is C18H18N2O2S. The Morgan fingerprint density at radius 2 is 1.70 bits per heavy atom. The number of nitrogens with zero attached hydrogens (tertiary/aromatic N) is 1. The maximum Gasteiger partial charge on any atom is 0.264 e. The lowest BCUT2D eigenvalue weighted by Crippen LogP contribution is -2.15. The molecule has 0 bridgehead atoms. The van der Waals surface area contributed by atoms with Crippen molar-refractivity contribution in [3.8, 4) is 0 Å². The summed E-state index contributed by atoms with van der Waals surface area (Å²) in [5.41, 5.74) is 2.05. The molecule has 0 fully saturated rings. The number of nitrogens with one attached hydrogen (secondary N) is 1. The highest BCUT2D eigenvalue weighted by Crippen LogP contribution is 2.28. The molecule has 1 aromatic heterocycles. The lowest BCUT2D eigenvalue weighted by atomic mass is 10.0. The molecule has 2 aromatic carbocycles. The van der Waals surface area contributed by atoms with Crippen molar-refractivity contribution in [1.29, 1.82) is 0 Å². The highest BCUT2D eigenvalue weighted by atomic mass is 32.2. The van der Waals surface area contributed by atoms with Crippen LogP contribution in [0, 0.1) is 0 Å². The molecule has 0 spiro atoms. The lowest BCUT2D eigenvalue weighted by molar-refractivity contribution is 0.602. The van der Waals surface area contributed by atoms with E-state index < -0.39 is 10.0 Å². The van der Waals surface area contributed by atoms with E-state index in [1.54, 1.807) is 30.5 Å². The molecule has 0 aliphatic heterocycles. The van der Waals surface area contributed by atoms with Crippen molar-refractivity contribution in [2.45, 2.75) is 24.7 Å². The molecule has 3 rings (SSSR count). The molecule has 3 aromatic rings. The van der Waals surface area contributed by atoms with E-state index in [4.69, 9.17) is 0 Å². The largest absolute Gasteiger partial charge is 0.279 e. The van der Waals surface area contributed by atoms with Crippen LogP contribution in [0.2, 0.25) is 0 Å². The zero-order valence-electron chi connectivity index (χ0n) is 13.0. The summed E-state index contributed by atoms with van der Waals surface area (Å²) >= 11 is 0. The average molecular weight is 326 g/mol. The first kappa shape index (κ1) is 15.5. The molecule has 118 valence electrons. The van der Waals surface area contributed by atoms with Crippen LogP contribution in [0.1, 0.15) is 25.3 Å². The van der Waals surface area contributed by atoms with Crippen molar-refractivity contribution in [2.75, 3.05) is 4.72 Å². The Hall–Kier alpha value is -2.40. The van der Waals surface area contributed by atoms with Gasteiger partial charge in [0.05, 0.1) is 11.2 Å². The van der Waals surface area contributed by atoms with E-state index in [0.717, 1.165) is 10.9 Å². The van der Waals surface area contributed by atoms with Gasteiger partial charge in [0.25, 0.3) is 10.0 Å². The summed E-state index contributed by atoms with van der Waals surface area (Å²) in [6.07, 6.45) is 1.60. The van der Waals surface area contributed by atoms with Gasteiger partial charge in [-0.05, 0) is 29.7 Å². The van der Waals surface area contributed by atoms with Crippen LogP contribution in [0.5, 0.6) is 0 Å². The van der Waals surface area contributed by atoms with Gasteiger partial charge >= 0.3 is 0 Å². The number of sulfonamides is 1. The van der Waals surface area contributed by atoms with Crippen LogP contribution < -0.4 is 4.72 Å². The highest BCUT2D eigenvalue weighted by molar-refractivity contribution is 7.93. The van der Waals surface area contributed by atoms with Crippen LogP contribution in [-0.2, 0) is 10.0 Å². The van der Waals surface area contributed by atoms with E-state index in [9.17, 15) is 8.42 Å². The minimum absolute atomic E-state index is 0.189. The van der Waals surface area contributed by atoms with Gasteiger partial charge in [0.15, 0.2) is 0 Å². The summed E-state index contributed by atoms with van der Waals surface area (Å²) in [5.74, 6) is 0.222. The molecule has 1 N–H and O–H groups in total. The van der Waals surface area contributed by atoms with Crippen LogP contribution in [0.15, 0.2) is 65.7 Å². The lowest BCUT2D eigenvalue weighted by Gasteiger charge is -2.15. The van der Waals surface area contributed by atoms with Crippen LogP contribution in [0.4, 0.5) is 5.69 Å². The quantitative estimate of drug-likeness (QED) is 0.783. The van der Waals surface area contributed by atoms with Gasteiger partial charge in [-0.3, -0.25) is 9.71 Å². The Bertz CT molecular complexity index is 945. The number of benzene rings is 2. The molecule has 1 heterocycles. The molecular weight excluding hydrogens is 308 g/mol. The number of hydrogen-bond donors (Lipinski definition) is 1. The molecule has 0 saturated heterocycles. The van der Waals surface area contributed by atoms with Gasteiger partial charge in [0.1, 0.15) is 4.90 Å². The summed E-state index contributed by atoms with van der Waals surface area (Å²) in [5, 5.41) is 0.799. The second-order valence-electron chi connectivity index (χ2n) is 5.68. The Morgan fingerprint density at radius 3 is 2.48 bits per heavy atom. The normalized spacial score (nSPS) is 11.8. The number of fused-ring (bicyclic) bond motifs is 1. The fourth-order valence-electron chi connectivity index (χ4n) is 2.59. The van der Waals surface area contributed by atoms with Crippen molar-refractivity contribution in [3.05, 3.63) is 66.4 Å². The number of rotatable bonds is 4. The minimum Gasteiger partial charge on any atom is -0.279 e. The van der Waals surface area contributed by atoms with Crippen LogP contribution in [0.3, 0.4) is 0 Å². The van der Waals surface area contributed by atoms with Gasteiger partial charge < -0.3 is 0 Å². The van der Waals surface area contributed by atoms with E-state index in [2.05, 4.69) is 9.71 Å². The maximum atomic E-state index is 12.8. The van der Waals surface area contributed by atoms with Crippen LogP contribution in [-0.4, -0.2) is 13.4 Å². The summed E-state index contributed by atoms with van der Waals surface area (Å²) < 4.78 is 28.4. The fourth-order valence-corrected chi connectivity index (χ4v) is 3.85. The first-order valence-corrected chi connectivity index (χ1v) is 8.93. The van der Waals surface area contributed by atoms with Gasteiger partial charge in [-0.15, -0.1) is 0 Å². The molecule has 0 amide bonds. The topological polar surface area (TPSA) is 59.1 Å². The summed E-state index contributed by atoms with van der Waals surface area (Å²) in [6.45, 7) is 4.07. The zero-order chi connectivity index (χ0) is 16.4. The van der Waals surface area contributed by atoms with Gasteiger partial charge in [0, 0.05) is 11.6 Å². The molecule has 0 atom stereocenters. The van der Waals surface area contributed by atoms with Crippen molar-refractivity contribution in [3.63, 3.8) is 0 Å². The van der Waals surface area contributed by atoms with Crippen LogP contribution in [0.25, 0.3) is 10.9 Å². The third kappa shape index (κ3) is 3.05. The zero-order valence-corrected chi connectivity index (χ0v) is 13.8. The van der Waals surface area contributed by atoms with Crippen LogP contribution >= 0.6 is 0 Å². The van der Waals surface area contributed by atoms with Crippen molar-refractivity contribution in [2.24, 2.45) is 0 Å². The number of anilines is 1. The first-order valence-electron chi connectivity index (χ1n) is 7.44. The Kier molecular flexibility index (Phi) is 4.05. The van der Waals surface area contributed by atoms with Crippen molar-refractivity contribution in [1.82, 2.24) is 4.98 Å². The van der Waals surface area contributed by atoms with Crippen molar-refractivity contribution >= 4 is 26.6 Å². The molecule has 0 saturated carbocycles. The van der Waals surface area contributed by atoms with E-state index in [1.807, 2.05) is 44.2 Å². The van der Waals surface area contributed by atoms with E-state index in [-0.39, 0.29) is 10.8 Å². The van der Waals surface area contributed by atoms with Crippen molar-refractivity contribution < 1.29 is 8.42 Å². The number of aromatic nitrogens is 1. The number of para-hydroxylation sites is 2. The number of hydrogen-bond acceptors (Lipinski definition) is 3. The van der Waals surface area contributed by atoms with Gasteiger partial charge in [-0.2, -0.15) is 0 Å². The summed E-state index contributed by atoms with van der Waals surface area (Å²) in [4.78, 5) is 4.42.